The summed E-state index contributed by atoms with van der Waals surface area (Å²) < 4.78 is 5.46. The van der Waals surface area contributed by atoms with E-state index in [0.717, 1.165) is 76.6 Å². The SMILES string of the molecule is C=C(NCCc1ccccc1)N(CCCCN1CCOCC1)Cc1ccc(C(=O)Nc2ccccc2N)nc1. The molecule has 206 valence electrons. The molecule has 0 radical (unpaired) electrons. The van der Waals surface area contributed by atoms with Gasteiger partial charge in [-0.1, -0.05) is 55.1 Å². The summed E-state index contributed by atoms with van der Waals surface area (Å²) in [5.41, 5.74) is 9.71. The zero-order chi connectivity index (χ0) is 27.3. The van der Waals surface area contributed by atoms with Crippen LogP contribution in [0.3, 0.4) is 0 Å². The zero-order valence-electron chi connectivity index (χ0n) is 22.6. The lowest BCUT2D eigenvalue weighted by Gasteiger charge is -2.29. The first-order chi connectivity index (χ1) is 19.1. The molecule has 0 spiro atoms. The van der Waals surface area contributed by atoms with Crippen LogP contribution in [0.25, 0.3) is 0 Å². The van der Waals surface area contributed by atoms with Crippen LogP contribution in [0.2, 0.25) is 0 Å². The van der Waals surface area contributed by atoms with Crippen LogP contribution in [0.4, 0.5) is 11.4 Å². The van der Waals surface area contributed by atoms with Crippen LogP contribution in [0.5, 0.6) is 0 Å². The highest BCUT2D eigenvalue weighted by molar-refractivity contribution is 6.04. The number of hydrogen-bond acceptors (Lipinski definition) is 7. The van der Waals surface area contributed by atoms with Crippen molar-refractivity contribution in [1.82, 2.24) is 20.1 Å². The van der Waals surface area contributed by atoms with E-state index >= 15 is 0 Å². The number of nitrogens with zero attached hydrogens (tertiary/aromatic N) is 3. The van der Waals surface area contributed by atoms with Crippen molar-refractivity contribution in [2.45, 2.75) is 25.8 Å². The lowest BCUT2D eigenvalue weighted by atomic mass is 10.1. The topological polar surface area (TPSA) is 95.8 Å². The molecule has 0 atom stereocenters. The number of nitrogen functional groups attached to an aromatic ring is 1. The van der Waals surface area contributed by atoms with E-state index in [-0.39, 0.29) is 5.91 Å². The third-order valence-corrected chi connectivity index (χ3v) is 6.86. The first-order valence-corrected chi connectivity index (χ1v) is 13.7. The van der Waals surface area contributed by atoms with E-state index in [4.69, 9.17) is 10.5 Å². The van der Waals surface area contributed by atoms with E-state index < -0.39 is 0 Å². The predicted molar refractivity (Wildman–Crippen MR) is 157 cm³/mol. The summed E-state index contributed by atoms with van der Waals surface area (Å²) in [6, 6.07) is 21.3. The van der Waals surface area contributed by atoms with Gasteiger partial charge in [-0.15, -0.1) is 0 Å². The van der Waals surface area contributed by atoms with Gasteiger partial charge in [-0.2, -0.15) is 0 Å². The van der Waals surface area contributed by atoms with Crippen LogP contribution in [0.15, 0.2) is 85.3 Å². The molecule has 8 nitrogen and oxygen atoms in total. The Morgan fingerprint density at radius 3 is 2.51 bits per heavy atom. The minimum Gasteiger partial charge on any atom is -0.397 e. The fraction of sp³-hybridized carbons (Fsp3) is 0.355. The molecule has 39 heavy (non-hydrogen) atoms. The maximum atomic E-state index is 12.7. The van der Waals surface area contributed by atoms with Gasteiger partial charge in [0.1, 0.15) is 5.69 Å². The predicted octanol–water partition coefficient (Wildman–Crippen LogP) is 4.13. The molecule has 2 aromatic carbocycles. The number of pyridine rings is 1. The highest BCUT2D eigenvalue weighted by Crippen LogP contribution is 2.18. The quantitative estimate of drug-likeness (QED) is 0.214. The second-order valence-electron chi connectivity index (χ2n) is 9.78. The Labute approximate surface area is 231 Å². The first kappa shape index (κ1) is 28.1. The first-order valence-electron chi connectivity index (χ1n) is 13.7. The molecule has 4 N–H and O–H groups in total. The maximum Gasteiger partial charge on any atom is 0.274 e. The molecule has 1 aliphatic rings. The highest BCUT2D eigenvalue weighted by Gasteiger charge is 2.14. The van der Waals surface area contributed by atoms with Crippen molar-refractivity contribution in [3.63, 3.8) is 0 Å². The molecule has 1 fully saturated rings. The maximum absolute atomic E-state index is 12.7. The second kappa shape index (κ2) is 14.9. The molecule has 1 saturated heterocycles. The van der Waals surface area contributed by atoms with Gasteiger partial charge in [-0.05, 0) is 55.1 Å². The van der Waals surface area contributed by atoms with E-state index in [9.17, 15) is 4.79 Å². The van der Waals surface area contributed by atoms with Crippen molar-refractivity contribution < 1.29 is 9.53 Å². The molecule has 0 bridgehead atoms. The summed E-state index contributed by atoms with van der Waals surface area (Å²) in [6.45, 7) is 11.5. The van der Waals surface area contributed by atoms with Crippen molar-refractivity contribution in [1.29, 1.82) is 0 Å². The van der Waals surface area contributed by atoms with E-state index in [2.05, 4.69) is 56.3 Å². The number of nitrogens with two attached hydrogens (primary N) is 1. The number of nitrogens with one attached hydrogen (secondary N) is 2. The summed E-state index contributed by atoms with van der Waals surface area (Å²) in [5, 5.41) is 6.34. The number of aromatic nitrogens is 1. The van der Waals surface area contributed by atoms with Gasteiger partial charge in [0.25, 0.3) is 5.91 Å². The Hall–Kier alpha value is -3.88. The number of carbonyl (C=O) groups is 1. The van der Waals surface area contributed by atoms with Crippen molar-refractivity contribution in [2.75, 3.05) is 57.0 Å². The van der Waals surface area contributed by atoms with Gasteiger partial charge in [0, 0.05) is 38.9 Å². The molecule has 1 amide bonds. The van der Waals surface area contributed by atoms with Gasteiger partial charge >= 0.3 is 0 Å². The molecule has 1 aromatic heterocycles. The lowest BCUT2D eigenvalue weighted by Crippen LogP contribution is -2.37. The van der Waals surface area contributed by atoms with Crippen molar-refractivity contribution in [2.24, 2.45) is 0 Å². The summed E-state index contributed by atoms with van der Waals surface area (Å²) in [6.07, 6.45) is 4.88. The number of amides is 1. The van der Waals surface area contributed by atoms with E-state index in [1.165, 1.54) is 5.56 Å². The molecular weight excluding hydrogens is 488 g/mol. The van der Waals surface area contributed by atoms with Gasteiger partial charge in [0.2, 0.25) is 0 Å². The number of morpholine rings is 1. The average Bonchev–Trinajstić information content (AvgIpc) is 2.97. The fourth-order valence-electron chi connectivity index (χ4n) is 4.55. The Morgan fingerprint density at radius 2 is 1.77 bits per heavy atom. The minimum atomic E-state index is -0.286. The van der Waals surface area contributed by atoms with Crippen LogP contribution < -0.4 is 16.4 Å². The molecule has 0 aliphatic carbocycles. The number of unbranched alkanes of at least 4 members (excludes halogenated alkanes) is 1. The van der Waals surface area contributed by atoms with Crippen LogP contribution in [-0.4, -0.2) is 66.6 Å². The number of anilines is 2. The summed E-state index contributed by atoms with van der Waals surface area (Å²) in [7, 11) is 0. The molecular formula is C31H40N6O2. The summed E-state index contributed by atoms with van der Waals surface area (Å²) in [4.78, 5) is 21.8. The van der Waals surface area contributed by atoms with Crippen LogP contribution >= 0.6 is 0 Å². The number of ether oxygens (including phenoxy) is 1. The summed E-state index contributed by atoms with van der Waals surface area (Å²) in [5.74, 6) is 0.616. The molecule has 4 rings (SSSR count). The Balaban J connectivity index is 1.32. The third-order valence-electron chi connectivity index (χ3n) is 6.86. The largest absolute Gasteiger partial charge is 0.397 e. The van der Waals surface area contributed by atoms with E-state index in [1.54, 1.807) is 24.4 Å². The van der Waals surface area contributed by atoms with Gasteiger partial charge in [-0.3, -0.25) is 14.7 Å². The monoisotopic (exact) mass is 528 g/mol. The van der Waals surface area contributed by atoms with Crippen LogP contribution in [0.1, 0.15) is 34.5 Å². The highest BCUT2D eigenvalue weighted by atomic mass is 16.5. The summed E-state index contributed by atoms with van der Waals surface area (Å²) >= 11 is 0. The number of carbonyl (C=O) groups excluding carboxylic acids is 1. The minimum absolute atomic E-state index is 0.286. The average molecular weight is 529 g/mol. The van der Waals surface area contributed by atoms with Crippen molar-refractivity contribution >= 4 is 17.3 Å². The van der Waals surface area contributed by atoms with Crippen LogP contribution in [-0.2, 0) is 17.7 Å². The second-order valence-corrected chi connectivity index (χ2v) is 9.78. The van der Waals surface area contributed by atoms with Crippen LogP contribution in [0, 0.1) is 0 Å². The van der Waals surface area contributed by atoms with E-state index in [0.29, 0.717) is 23.6 Å². The zero-order valence-corrected chi connectivity index (χ0v) is 22.6. The van der Waals surface area contributed by atoms with Gasteiger partial charge in [0.05, 0.1) is 30.4 Å². The third kappa shape index (κ3) is 9.12. The van der Waals surface area contributed by atoms with Gasteiger partial charge < -0.3 is 26.0 Å². The van der Waals surface area contributed by atoms with E-state index in [1.807, 2.05) is 24.3 Å². The standard InChI is InChI=1S/C31H40N6O2/c1-25(33-16-15-26-9-3-2-4-10-26)37(18-8-7-17-36-19-21-39-22-20-36)24-27-13-14-30(34-23-27)31(38)35-29-12-6-5-11-28(29)32/h2-6,9-14,23,33H,1,7-8,15-22,24,32H2,(H,35,38). The number of benzene rings is 2. The number of rotatable bonds is 14. The normalized spacial score (nSPS) is 13.5. The Kier molecular flexibility index (Phi) is 10.7. The lowest BCUT2D eigenvalue weighted by molar-refractivity contribution is 0.0369. The smallest absolute Gasteiger partial charge is 0.274 e. The van der Waals surface area contributed by atoms with Crippen molar-refractivity contribution in [3.05, 3.63) is 102 Å². The Bertz CT molecular complexity index is 1180. The molecule has 1 aliphatic heterocycles. The molecule has 3 aromatic rings. The van der Waals surface area contributed by atoms with Crippen molar-refractivity contribution in [3.8, 4) is 0 Å². The molecule has 0 saturated carbocycles. The molecule has 0 unspecified atom stereocenters. The van der Waals surface area contributed by atoms with Gasteiger partial charge in [0.15, 0.2) is 0 Å². The molecule has 2 heterocycles. The van der Waals surface area contributed by atoms with Gasteiger partial charge in [-0.25, -0.2) is 0 Å². The Morgan fingerprint density at radius 1 is 1.00 bits per heavy atom. The number of para-hydroxylation sites is 2. The molecule has 8 heteroatoms. The number of hydrogen-bond donors (Lipinski definition) is 3. The fourth-order valence-corrected chi connectivity index (χ4v) is 4.55.